The lowest BCUT2D eigenvalue weighted by Crippen LogP contribution is -2.48. The van der Waals surface area contributed by atoms with Gasteiger partial charge in [-0.15, -0.1) is 10.2 Å². The number of rotatable bonds is 3. The van der Waals surface area contributed by atoms with Crippen molar-refractivity contribution in [3.05, 3.63) is 83.5 Å². The highest BCUT2D eigenvalue weighted by molar-refractivity contribution is 6.30. The number of fused-ring (bicyclic) bond motifs is 1. The molecule has 0 spiro atoms. The van der Waals surface area contributed by atoms with Gasteiger partial charge in [0.05, 0.1) is 5.56 Å². The molecule has 4 aromatic rings. The number of aromatic nitrogens is 3. The van der Waals surface area contributed by atoms with Gasteiger partial charge in [0, 0.05) is 48.6 Å². The van der Waals surface area contributed by atoms with Crippen LogP contribution in [0.15, 0.2) is 72.9 Å². The fraction of sp³-hybridized carbons (Fsp3) is 0.174. The van der Waals surface area contributed by atoms with Gasteiger partial charge in [0.25, 0.3) is 5.91 Å². The van der Waals surface area contributed by atoms with Gasteiger partial charge in [0.15, 0.2) is 11.5 Å². The van der Waals surface area contributed by atoms with Crippen molar-refractivity contribution in [2.75, 3.05) is 31.1 Å². The molecule has 0 unspecified atom stereocenters. The third-order valence-corrected chi connectivity index (χ3v) is 5.69. The van der Waals surface area contributed by atoms with Crippen LogP contribution in [0.25, 0.3) is 17.0 Å². The Morgan fingerprint density at radius 3 is 2.30 bits per heavy atom. The summed E-state index contributed by atoms with van der Waals surface area (Å²) < 4.78 is 1.86. The number of benzene rings is 2. The van der Waals surface area contributed by atoms with E-state index in [2.05, 4.69) is 27.2 Å². The normalized spacial score (nSPS) is 14.3. The number of nitrogens with zero attached hydrogens (tertiary/aromatic N) is 5. The minimum atomic E-state index is 0.0281. The molecule has 7 heteroatoms. The van der Waals surface area contributed by atoms with Crippen LogP contribution in [-0.2, 0) is 0 Å². The van der Waals surface area contributed by atoms with Crippen LogP contribution in [0, 0.1) is 0 Å². The number of hydrogen-bond acceptors (Lipinski definition) is 4. The monoisotopic (exact) mass is 417 g/mol. The molecule has 2 aromatic carbocycles. The zero-order valence-corrected chi connectivity index (χ0v) is 17.0. The van der Waals surface area contributed by atoms with Gasteiger partial charge in [-0.25, -0.2) is 0 Å². The molecule has 3 heterocycles. The molecule has 0 aliphatic carbocycles. The van der Waals surface area contributed by atoms with Gasteiger partial charge in [-0.3, -0.25) is 9.20 Å². The predicted molar refractivity (Wildman–Crippen MR) is 118 cm³/mol. The Kier molecular flexibility index (Phi) is 4.85. The zero-order valence-electron chi connectivity index (χ0n) is 16.3. The minimum absolute atomic E-state index is 0.0281. The maximum absolute atomic E-state index is 13.1. The largest absolute Gasteiger partial charge is 0.368 e. The number of anilines is 1. The SMILES string of the molecule is O=C(c1ccc2nnc(-c3ccc(Cl)cc3)n2c1)N1CCN(c2ccccc2)CC1. The molecule has 5 rings (SSSR count). The summed E-state index contributed by atoms with van der Waals surface area (Å²) in [5.41, 5.74) is 3.42. The van der Waals surface area contributed by atoms with E-state index in [1.54, 1.807) is 0 Å². The number of piperazine rings is 1. The van der Waals surface area contributed by atoms with E-state index in [0.29, 0.717) is 35.1 Å². The molecular formula is C23H20ClN5O. The van der Waals surface area contributed by atoms with Gasteiger partial charge >= 0.3 is 0 Å². The fourth-order valence-electron chi connectivity index (χ4n) is 3.80. The first-order valence-electron chi connectivity index (χ1n) is 9.89. The van der Waals surface area contributed by atoms with Crippen LogP contribution in [0.4, 0.5) is 5.69 Å². The molecule has 0 bridgehead atoms. The highest BCUT2D eigenvalue weighted by Gasteiger charge is 2.23. The number of carbonyl (C=O) groups is 1. The van der Waals surface area contributed by atoms with Crippen molar-refractivity contribution in [1.82, 2.24) is 19.5 Å². The van der Waals surface area contributed by atoms with E-state index >= 15 is 0 Å². The van der Waals surface area contributed by atoms with Crippen LogP contribution in [0.5, 0.6) is 0 Å². The quantitative estimate of drug-likeness (QED) is 0.505. The molecular weight excluding hydrogens is 398 g/mol. The second-order valence-electron chi connectivity index (χ2n) is 7.29. The molecule has 0 saturated carbocycles. The van der Waals surface area contributed by atoms with Crippen molar-refractivity contribution in [1.29, 1.82) is 0 Å². The van der Waals surface area contributed by atoms with E-state index in [-0.39, 0.29) is 5.91 Å². The van der Waals surface area contributed by atoms with E-state index in [4.69, 9.17) is 11.6 Å². The van der Waals surface area contributed by atoms with Gasteiger partial charge in [0.2, 0.25) is 0 Å². The molecule has 1 aliphatic heterocycles. The van der Waals surface area contributed by atoms with Crippen molar-refractivity contribution in [3.63, 3.8) is 0 Å². The summed E-state index contributed by atoms with van der Waals surface area (Å²) in [6.45, 7) is 3.03. The summed E-state index contributed by atoms with van der Waals surface area (Å²) in [6.07, 6.45) is 1.82. The van der Waals surface area contributed by atoms with Crippen LogP contribution < -0.4 is 4.90 Å². The standard InChI is InChI=1S/C23H20ClN5O/c24-19-9-6-17(7-10-19)22-26-25-21-11-8-18(16-29(21)22)23(30)28-14-12-27(13-15-28)20-4-2-1-3-5-20/h1-11,16H,12-15H2. The summed E-state index contributed by atoms with van der Waals surface area (Å²) >= 11 is 6.00. The van der Waals surface area contributed by atoms with E-state index in [0.717, 1.165) is 18.7 Å². The lowest BCUT2D eigenvalue weighted by atomic mass is 10.2. The summed E-state index contributed by atoms with van der Waals surface area (Å²) in [4.78, 5) is 17.4. The van der Waals surface area contributed by atoms with Crippen LogP contribution in [0.2, 0.25) is 5.02 Å². The maximum atomic E-state index is 13.1. The Labute approximate surface area is 179 Å². The van der Waals surface area contributed by atoms with Gasteiger partial charge in [-0.1, -0.05) is 29.8 Å². The lowest BCUT2D eigenvalue weighted by molar-refractivity contribution is 0.0746. The second-order valence-corrected chi connectivity index (χ2v) is 7.73. The Morgan fingerprint density at radius 1 is 0.833 bits per heavy atom. The first kappa shape index (κ1) is 18.6. The number of para-hydroxylation sites is 1. The maximum Gasteiger partial charge on any atom is 0.255 e. The Bertz CT molecular complexity index is 1180. The Morgan fingerprint density at radius 2 is 1.57 bits per heavy atom. The molecule has 2 aromatic heterocycles. The average Bonchev–Trinajstić information content (AvgIpc) is 3.23. The average molecular weight is 418 g/mol. The van der Waals surface area contributed by atoms with Crippen molar-refractivity contribution in [2.45, 2.75) is 0 Å². The molecule has 6 nitrogen and oxygen atoms in total. The molecule has 0 radical (unpaired) electrons. The highest BCUT2D eigenvalue weighted by atomic mass is 35.5. The number of pyridine rings is 1. The molecule has 1 amide bonds. The van der Waals surface area contributed by atoms with Crippen molar-refractivity contribution in [3.8, 4) is 11.4 Å². The van der Waals surface area contributed by atoms with Gasteiger partial charge in [-0.05, 0) is 48.5 Å². The van der Waals surface area contributed by atoms with Crippen LogP contribution in [0.3, 0.4) is 0 Å². The summed E-state index contributed by atoms with van der Waals surface area (Å²) in [5.74, 6) is 0.714. The highest BCUT2D eigenvalue weighted by Crippen LogP contribution is 2.22. The first-order chi connectivity index (χ1) is 14.7. The smallest absolute Gasteiger partial charge is 0.255 e. The molecule has 1 aliphatic rings. The third-order valence-electron chi connectivity index (χ3n) is 5.44. The molecule has 1 fully saturated rings. The van der Waals surface area contributed by atoms with E-state index < -0.39 is 0 Å². The topological polar surface area (TPSA) is 53.7 Å². The van der Waals surface area contributed by atoms with E-state index in [1.807, 2.05) is 70.1 Å². The lowest BCUT2D eigenvalue weighted by Gasteiger charge is -2.36. The third kappa shape index (κ3) is 3.50. The molecule has 150 valence electrons. The molecule has 0 N–H and O–H groups in total. The van der Waals surface area contributed by atoms with E-state index in [9.17, 15) is 4.79 Å². The minimum Gasteiger partial charge on any atom is -0.368 e. The molecule has 1 saturated heterocycles. The van der Waals surface area contributed by atoms with Crippen molar-refractivity contribution in [2.24, 2.45) is 0 Å². The van der Waals surface area contributed by atoms with Crippen LogP contribution in [-0.4, -0.2) is 51.6 Å². The molecule has 0 atom stereocenters. The zero-order chi connectivity index (χ0) is 20.5. The summed E-state index contributed by atoms with van der Waals surface area (Å²) in [5, 5.41) is 9.18. The van der Waals surface area contributed by atoms with Gasteiger partial charge in [-0.2, -0.15) is 0 Å². The van der Waals surface area contributed by atoms with Gasteiger partial charge < -0.3 is 9.80 Å². The number of amides is 1. The predicted octanol–water partition coefficient (Wildman–Crippen LogP) is 4.01. The fourth-order valence-corrected chi connectivity index (χ4v) is 3.93. The number of halogens is 1. The summed E-state index contributed by atoms with van der Waals surface area (Å²) in [6, 6.07) is 21.4. The number of hydrogen-bond donors (Lipinski definition) is 0. The van der Waals surface area contributed by atoms with Gasteiger partial charge in [0.1, 0.15) is 0 Å². The second kappa shape index (κ2) is 7.80. The molecule has 30 heavy (non-hydrogen) atoms. The van der Waals surface area contributed by atoms with Crippen molar-refractivity contribution >= 4 is 28.8 Å². The summed E-state index contributed by atoms with van der Waals surface area (Å²) in [7, 11) is 0. The number of carbonyl (C=O) groups excluding carboxylic acids is 1. The Balaban J connectivity index is 1.36. The van der Waals surface area contributed by atoms with Crippen molar-refractivity contribution < 1.29 is 4.79 Å². The van der Waals surface area contributed by atoms with E-state index in [1.165, 1.54) is 5.69 Å². The Hall–Kier alpha value is -3.38. The van der Waals surface area contributed by atoms with Crippen LogP contribution in [0.1, 0.15) is 10.4 Å². The first-order valence-corrected chi connectivity index (χ1v) is 10.3. The van der Waals surface area contributed by atoms with Crippen LogP contribution >= 0.6 is 11.6 Å².